The highest BCUT2D eigenvalue weighted by atomic mass is 32.2. The van der Waals surface area contributed by atoms with Crippen LogP contribution in [0.15, 0.2) is 23.6 Å². The standard InChI is InChI=1S/C11H14N2O4S/c1-12-10-5-4-8(13(15)16)6-9(10)11(14)7-18(2,3)17/h4-7H,1-3H3,(H-,12,14,17)/p+1. The first-order chi connectivity index (χ1) is 8.24. The maximum Gasteiger partial charge on any atom is 0.270 e. The van der Waals surface area contributed by atoms with E-state index in [2.05, 4.69) is 5.32 Å². The Morgan fingerprint density at radius 3 is 2.56 bits per heavy atom. The highest BCUT2D eigenvalue weighted by molar-refractivity contribution is 8.04. The Morgan fingerprint density at radius 1 is 1.50 bits per heavy atom. The maximum absolute atomic E-state index is 11.6. The van der Waals surface area contributed by atoms with Crippen LogP contribution >= 0.6 is 0 Å². The van der Waals surface area contributed by atoms with Gasteiger partial charge in [0.2, 0.25) is 0 Å². The number of aliphatic hydroxyl groups is 1. The number of anilines is 1. The average molecular weight is 271 g/mol. The normalized spacial score (nSPS) is 12.3. The van der Waals surface area contributed by atoms with Crippen molar-refractivity contribution < 1.29 is 14.2 Å². The summed E-state index contributed by atoms with van der Waals surface area (Å²) in [7, 11) is -0.657. The maximum atomic E-state index is 11.6. The number of benzene rings is 1. The SMILES string of the molecule is CNc1ccc([N+](=O)[O-])cc1/C(O)=C\[S+](C)(C)=O. The molecule has 0 saturated heterocycles. The van der Waals surface area contributed by atoms with Crippen molar-refractivity contribution in [3.05, 3.63) is 39.3 Å². The zero-order valence-corrected chi connectivity index (χ0v) is 11.2. The molecule has 2 N–H and O–H groups in total. The molecular formula is C11H15N2O4S+. The Morgan fingerprint density at radius 2 is 2.11 bits per heavy atom. The van der Waals surface area contributed by atoms with E-state index in [0.29, 0.717) is 5.69 Å². The van der Waals surface area contributed by atoms with Crippen molar-refractivity contribution in [3.8, 4) is 0 Å². The van der Waals surface area contributed by atoms with Crippen LogP contribution in [0.1, 0.15) is 5.56 Å². The van der Waals surface area contributed by atoms with E-state index in [1.165, 1.54) is 36.1 Å². The number of hydrogen-bond acceptors (Lipinski definition) is 5. The van der Waals surface area contributed by atoms with E-state index in [9.17, 15) is 19.4 Å². The summed E-state index contributed by atoms with van der Waals surface area (Å²) in [6.07, 6.45) is 2.94. The molecule has 0 bridgehead atoms. The molecule has 18 heavy (non-hydrogen) atoms. The van der Waals surface area contributed by atoms with Gasteiger partial charge in [-0.3, -0.25) is 10.1 Å². The molecule has 1 aromatic carbocycles. The Labute approximate surface area is 106 Å². The predicted octanol–water partition coefficient (Wildman–Crippen LogP) is 2.25. The van der Waals surface area contributed by atoms with Gasteiger partial charge in [0.15, 0.2) is 11.2 Å². The Balaban J connectivity index is 3.37. The lowest BCUT2D eigenvalue weighted by Crippen LogP contribution is -2.02. The van der Waals surface area contributed by atoms with Gasteiger partial charge in [-0.1, -0.05) is 0 Å². The van der Waals surface area contributed by atoms with Gasteiger partial charge >= 0.3 is 0 Å². The number of nitro groups is 1. The molecule has 0 unspecified atom stereocenters. The zero-order valence-electron chi connectivity index (χ0n) is 10.3. The molecule has 0 aliphatic carbocycles. The van der Waals surface area contributed by atoms with E-state index >= 15 is 0 Å². The monoisotopic (exact) mass is 271 g/mol. The van der Waals surface area contributed by atoms with Gasteiger partial charge in [-0.25, -0.2) is 0 Å². The number of nitrogens with one attached hydrogen (secondary N) is 1. The molecule has 0 amide bonds. The number of rotatable bonds is 4. The van der Waals surface area contributed by atoms with E-state index in [1.807, 2.05) is 0 Å². The number of hydrogen-bond donors (Lipinski definition) is 2. The lowest BCUT2D eigenvalue weighted by Gasteiger charge is -2.07. The molecule has 0 aliphatic heterocycles. The number of nitrogens with zero attached hydrogens (tertiary/aromatic N) is 1. The molecular weight excluding hydrogens is 256 g/mol. The molecule has 0 atom stereocenters. The van der Waals surface area contributed by atoms with Gasteiger partial charge in [-0.15, -0.1) is 4.21 Å². The van der Waals surface area contributed by atoms with E-state index < -0.39 is 14.9 Å². The third kappa shape index (κ3) is 3.56. The molecule has 7 heteroatoms. The third-order valence-corrected chi connectivity index (χ3v) is 2.95. The summed E-state index contributed by atoms with van der Waals surface area (Å²) in [5.41, 5.74) is 0.642. The van der Waals surface area contributed by atoms with Crippen molar-refractivity contribution in [2.75, 3.05) is 24.9 Å². The van der Waals surface area contributed by atoms with Gasteiger partial charge in [0.05, 0.1) is 10.5 Å². The number of non-ortho nitro benzene ring substituents is 1. The second kappa shape index (κ2) is 5.18. The summed E-state index contributed by atoms with van der Waals surface area (Å²) >= 11 is 0. The molecule has 1 aromatic rings. The molecule has 0 spiro atoms. The molecule has 0 fully saturated rings. The fourth-order valence-corrected chi connectivity index (χ4v) is 2.07. The van der Waals surface area contributed by atoms with Gasteiger partial charge in [0, 0.05) is 24.9 Å². The van der Waals surface area contributed by atoms with Crippen LogP contribution in [0.25, 0.3) is 5.76 Å². The summed E-state index contributed by atoms with van der Waals surface area (Å²) in [5.74, 6) is -0.238. The number of nitro benzene ring substituents is 1. The summed E-state index contributed by atoms with van der Waals surface area (Å²) in [6, 6.07) is 4.06. The predicted molar refractivity (Wildman–Crippen MR) is 73.1 cm³/mol. The summed E-state index contributed by atoms with van der Waals surface area (Å²) in [5, 5.41) is 24.6. The second-order valence-corrected chi connectivity index (χ2v) is 6.90. The molecule has 98 valence electrons. The molecule has 0 aliphatic rings. The van der Waals surface area contributed by atoms with Crippen molar-refractivity contribution in [2.24, 2.45) is 0 Å². The van der Waals surface area contributed by atoms with Gasteiger partial charge in [-0.2, -0.15) is 0 Å². The van der Waals surface area contributed by atoms with Crippen LogP contribution in [-0.4, -0.2) is 29.6 Å². The first-order valence-corrected chi connectivity index (χ1v) is 7.50. The van der Waals surface area contributed by atoms with Gasteiger partial charge in [0.25, 0.3) is 5.69 Å². The van der Waals surface area contributed by atoms with Crippen LogP contribution in [0.2, 0.25) is 0 Å². The molecule has 0 saturated carbocycles. The van der Waals surface area contributed by atoms with Crippen molar-refractivity contribution in [3.63, 3.8) is 0 Å². The van der Waals surface area contributed by atoms with E-state index in [4.69, 9.17) is 0 Å². The van der Waals surface area contributed by atoms with Crippen molar-refractivity contribution in [1.29, 1.82) is 0 Å². The van der Waals surface area contributed by atoms with Crippen LogP contribution < -0.4 is 5.32 Å². The van der Waals surface area contributed by atoms with E-state index in [-0.39, 0.29) is 17.0 Å². The van der Waals surface area contributed by atoms with Crippen LogP contribution in [-0.2, 0) is 14.1 Å². The highest BCUT2D eigenvalue weighted by Crippen LogP contribution is 2.27. The first-order valence-electron chi connectivity index (χ1n) is 5.06. The summed E-state index contributed by atoms with van der Waals surface area (Å²) in [6.45, 7) is 0. The fraction of sp³-hybridized carbons (Fsp3) is 0.273. The Kier molecular flexibility index (Phi) is 4.07. The van der Waals surface area contributed by atoms with E-state index in [0.717, 1.165) is 0 Å². The summed E-state index contributed by atoms with van der Waals surface area (Å²) in [4.78, 5) is 10.1. The quantitative estimate of drug-likeness (QED) is 0.379. The third-order valence-electron chi connectivity index (χ3n) is 2.15. The lowest BCUT2D eigenvalue weighted by atomic mass is 10.1. The second-order valence-electron chi connectivity index (χ2n) is 4.05. The molecule has 0 heterocycles. The lowest BCUT2D eigenvalue weighted by molar-refractivity contribution is -0.384. The van der Waals surface area contributed by atoms with Crippen molar-refractivity contribution >= 4 is 27.1 Å². The minimum atomic E-state index is -2.29. The number of aliphatic hydroxyl groups excluding tert-OH is 1. The molecule has 0 aromatic heterocycles. The molecule has 1 rings (SSSR count). The van der Waals surface area contributed by atoms with Gasteiger partial charge in [-0.05, 0) is 6.07 Å². The Bertz CT molecular complexity index is 548. The van der Waals surface area contributed by atoms with E-state index in [1.54, 1.807) is 7.05 Å². The molecule has 0 radical (unpaired) electrons. The van der Waals surface area contributed by atoms with Crippen LogP contribution in [0.4, 0.5) is 11.4 Å². The van der Waals surface area contributed by atoms with Crippen molar-refractivity contribution in [1.82, 2.24) is 0 Å². The average Bonchev–Trinajstić information content (AvgIpc) is 2.25. The van der Waals surface area contributed by atoms with Gasteiger partial charge in [0.1, 0.15) is 22.4 Å². The van der Waals surface area contributed by atoms with Gasteiger partial charge < -0.3 is 10.4 Å². The van der Waals surface area contributed by atoms with Crippen LogP contribution in [0, 0.1) is 10.1 Å². The largest absolute Gasteiger partial charge is 0.503 e. The highest BCUT2D eigenvalue weighted by Gasteiger charge is 2.17. The minimum Gasteiger partial charge on any atom is -0.503 e. The topological polar surface area (TPSA) is 92.5 Å². The van der Waals surface area contributed by atoms with Crippen LogP contribution in [0.3, 0.4) is 0 Å². The summed E-state index contributed by atoms with van der Waals surface area (Å²) < 4.78 is 11.6. The Hall–Kier alpha value is -1.89. The fourth-order valence-electron chi connectivity index (χ4n) is 1.41. The smallest absolute Gasteiger partial charge is 0.270 e. The van der Waals surface area contributed by atoms with Crippen molar-refractivity contribution in [2.45, 2.75) is 0 Å². The van der Waals surface area contributed by atoms with Crippen LogP contribution in [0.5, 0.6) is 0 Å². The minimum absolute atomic E-state index is 0.136. The first kappa shape index (κ1) is 14.2. The molecule has 6 nitrogen and oxygen atoms in total. The zero-order chi connectivity index (χ0) is 13.9.